The lowest BCUT2D eigenvalue weighted by Crippen LogP contribution is -2.10. The smallest absolute Gasteiger partial charge is 0.308 e. The molecule has 0 radical (unpaired) electrons. The van der Waals surface area contributed by atoms with E-state index in [-0.39, 0.29) is 12.3 Å². The van der Waals surface area contributed by atoms with Crippen molar-refractivity contribution in [2.24, 2.45) is 0 Å². The highest BCUT2D eigenvalue weighted by atomic mass is 16.7. The van der Waals surface area contributed by atoms with Crippen LogP contribution in [0.3, 0.4) is 0 Å². The van der Waals surface area contributed by atoms with Crippen molar-refractivity contribution in [3.05, 3.63) is 0 Å². The average Bonchev–Trinajstić information content (AvgIpc) is 2.41. The summed E-state index contributed by atoms with van der Waals surface area (Å²) in [4.78, 5) is 10.4. The Morgan fingerprint density at radius 2 is 2.27 bits per heavy atom. The number of esters is 1. The minimum atomic E-state index is -0.262. The van der Waals surface area contributed by atoms with Gasteiger partial charge in [-0.1, -0.05) is 13.8 Å². The molecule has 1 atom stereocenters. The molecule has 0 spiro atoms. The summed E-state index contributed by atoms with van der Waals surface area (Å²) in [6.07, 6.45) is 0.958. The van der Waals surface area contributed by atoms with Crippen LogP contribution in [-0.4, -0.2) is 18.9 Å². The highest BCUT2D eigenvalue weighted by molar-refractivity contribution is 5.71. The molecule has 1 fully saturated rings. The maximum Gasteiger partial charge on any atom is 0.308 e. The van der Waals surface area contributed by atoms with E-state index in [0.717, 1.165) is 0 Å². The van der Waals surface area contributed by atoms with Crippen LogP contribution in [-0.2, 0) is 14.3 Å². The lowest BCUT2D eigenvalue weighted by atomic mass is 10.3. The van der Waals surface area contributed by atoms with Gasteiger partial charge in [0.15, 0.2) is 0 Å². The molecule has 1 aliphatic rings. The third kappa shape index (κ3) is 3.98. The highest BCUT2D eigenvalue weighted by Crippen LogP contribution is 2.13. The van der Waals surface area contributed by atoms with E-state index in [2.05, 4.69) is 0 Å². The molecule has 66 valence electrons. The normalized spacial score (nSPS) is 22.1. The second-order valence-corrected chi connectivity index (χ2v) is 1.91. The first kappa shape index (κ1) is 10.4. The fraction of sp³-hybridized carbons (Fsp3) is 0.875. The lowest BCUT2D eigenvalue weighted by Gasteiger charge is -2.06. The maximum atomic E-state index is 10.4. The van der Waals surface area contributed by atoms with Gasteiger partial charge in [0.1, 0.15) is 0 Å². The van der Waals surface area contributed by atoms with E-state index in [1.165, 1.54) is 0 Å². The molecule has 0 amide bonds. The van der Waals surface area contributed by atoms with E-state index in [9.17, 15) is 4.79 Å². The van der Waals surface area contributed by atoms with Gasteiger partial charge < -0.3 is 9.47 Å². The van der Waals surface area contributed by atoms with E-state index >= 15 is 0 Å². The summed E-state index contributed by atoms with van der Waals surface area (Å²) in [5.41, 5.74) is 0. The summed E-state index contributed by atoms with van der Waals surface area (Å²) in [5, 5.41) is 0. The molecule has 0 aromatic rings. The Hall–Kier alpha value is -0.570. The van der Waals surface area contributed by atoms with Crippen molar-refractivity contribution < 1.29 is 14.3 Å². The molecule has 11 heavy (non-hydrogen) atoms. The first-order valence-electron chi connectivity index (χ1n) is 4.14. The Balaban J connectivity index is 0.000000461. The summed E-state index contributed by atoms with van der Waals surface area (Å²) in [6.45, 7) is 6.49. The van der Waals surface area contributed by atoms with Gasteiger partial charge in [-0.3, -0.25) is 4.79 Å². The monoisotopic (exact) mass is 160 g/mol. The van der Waals surface area contributed by atoms with Crippen molar-refractivity contribution in [1.82, 2.24) is 0 Å². The highest BCUT2D eigenvalue weighted by Gasteiger charge is 2.22. The van der Waals surface area contributed by atoms with Crippen LogP contribution in [0.4, 0.5) is 0 Å². The second kappa shape index (κ2) is 6.16. The fourth-order valence-electron chi connectivity index (χ4n) is 0.803. The van der Waals surface area contributed by atoms with Gasteiger partial charge in [-0.25, -0.2) is 0 Å². The minimum Gasteiger partial charge on any atom is -0.436 e. The van der Waals surface area contributed by atoms with Crippen molar-refractivity contribution in [2.75, 3.05) is 6.61 Å². The number of cyclic esters (lactones) is 1. The van der Waals surface area contributed by atoms with Gasteiger partial charge in [-0.2, -0.15) is 0 Å². The van der Waals surface area contributed by atoms with E-state index < -0.39 is 0 Å². The number of hydrogen-bond acceptors (Lipinski definition) is 3. The third-order valence-electron chi connectivity index (χ3n) is 1.20. The molecule has 3 heteroatoms. The van der Waals surface area contributed by atoms with Gasteiger partial charge in [-0.15, -0.1) is 0 Å². The molecular formula is C8H16O3. The molecule has 0 aromatic carbocycles. The van der Waals surface area contributed by atoms with Gasteiger partial charge in [-0.05, 0) is 6.92 Å². The average molecular weight is 160 g/mol. The Labute approximate surface area is 67.7 Å². The van der Waals surface area contributed by atoms with Crippen molar-refractivity contribution >= 4 is 5.97 Å². The standard InChI is InChI=1S/C6H10O3.C2H6/c1-2-8-6-4-3-5(7)9-6;1-2/h6H,2-4H2,1H3;1-2H3. The Morgan fingerprint density at radius 1 is 1.64 bits per heavy atom. The first-order chi connectivity index (χ1) is 5.33. The molecule has 3 nitrogen and oxygen atoms in total. The van der Waals surface area contributed by atoms with E-state index in [1.807, 2.05) is 20.8 Å². The molecule has 0 N–H and O–H groups in total. The number of carbonyl (C=O) groups excluding carboxylic acids is 1. The van der Waals surface area contributed by atoms with Gasteiger partial charge in [0.2, 0.25) is 6.29 Å². The van der Waals surface area contributed by atoms with E-state index in [4.69, 9.17) is 9.47 Å². The summed E-state index contributed by atoms with van der Waals surface area (Å²) in [5.74, 6) is -0.145. The van der Waals surface area contributed by atoms with Gasteiger partial charge in [0, 0.05) is 13.0 Å². The molecule has 0 bridgehead atoms. The fourth-order valence-corrected chi connectivity index (χ4v) is 0.803. The quantitative estimate of drug-likeness (QED) is 0.577. The van der Waals surface area contributed by atoms with Crippen molar-refractivity contribution in [2.45, 2.75) is 39.9 Å². The largest absolute Gasteiger partial charge is 0.436 e. The Kier molecular flexibility index (Phi) is 5.84. The van der Waals surface area contributed by atoms with Crippen LogP contribution >= 0.6 is 0 Å². The van der Waals surface area contributed by atoms with Crippen LogP contribution in [0, 0.1) is 0 Å². The zero-order valence-corrected chi connectivity index (χ0v) is 7.42. The first-order valence-corrected chi connectivity index (χ1v) is 4.14. The summed E-state index contributed by atoms with van der Waals surface area (Å²) < 4.78 is 9.77. The van der Waals surface area contributed by atoms with E-state index in [0.29, 0.717) is 19.4 Å². The van der Waals surface area contributed by atoms with E-state index in [1.54, 1.807) is 0 Å². The van der Waals surface area contributed by atoms with Crippen LogP contribution in [0.1, 0.15) is 33.6 Å². The zero-order chi connectivity index (χ0) is 8.69. The molecule has 0 aromatic heterocycles. The maximum absolute atomic E-state index is 10.4. The topological polar surface area (TPSA) is 35.5 Å². The molecule has 1 saturated heterocycles. The van der Waals surface area contributed by atoms with Gasteiger partial charge in [0.05, 0.1) is 6.42 Å². The van der Waals surface area contributed by atoms with Crippen LogP contribution < -0.4 is 0 Å². The number of rotatable bonds is 2. The molecular weight excluding hydrogens is 144 g/mol. The molecule has 1 aliphatic heterocycles. The molecule has 1 heterocycles. The summed E-state index contributed by atoms with van der Waals surface area (Å²) >= 11 is 0. The molecule has 0 aliphatic carbocycles. The molecule has 1 unspecified atom stereocenters. The molecule has 1 rings (SSSR count). The molecule has 0 saturated carbocycles. The summed E-state index contributed by atoms with van der Waals surface area (Å²) in [6, 6.07) is 0. The van der Waals surface area contributed by atoms with Crippen LogP contribution in [0.25, 0.3) is 0 Å². The van der Waals surface area contributed by atoms with Crippen LogP contribution in [0.15, 0.2) is 0 Å². The Morgan fingerprint density at radius 3 is 2.64 bits per heavy atom. The van der Waals surface area contributed by atoms with Crippen molar-refractivity contribution in [3.8, 4) is 0 Å². The Bertz CT molecular complexity index is 112. The number of hydrogen-bond donors (Lipinski definition) is 0. The van der Waals surface area contributed by atoms with Gasteiger partial charge >= 0.3 is 5.97 Å². The lowest BCUT2D eigenvalue weighted by molar-refractivity contribution is -0.161. The minimum absolute atomic E-state index is 0.145. The SMILES string of the molecule is CC.CCOC1CCC(=O)O1. The van der Waals surface area contributed by atoms with Crippen LogP contribution in [0.2, 0.25) is 0 Å². The van der Waals surface area contributed by atoms with Crippen molar-refractivity contribution in [3.63, 3.8) is 0 Å². The zero-order valence-electron chi connectivity index (χ0n) is 7.42. The predicted octanol–water partition coefficient (Wildman–Crippen LogP) is 1.71. The number of ether oxygens (including phenoxy) is 2. The summed E-state index contributed by atoms with van der Waals surface area (Å²) in [7, 11) is 0. The van der Waals surface area contributed by atoms with Crippen LogP contribution in [0.5, 0.6) is 0 Å². The second-order valence-electron chi connectivity index (χ2n) is 1.91. The predicted molar refractivity (Wildman–Crippen MR) is 42.1 cm³/mol. The van der Waals surface area contributed by atoms with Gasteiger partial charge in [0.25, 0.3) is 0 Å². The van der Waals surface area contributed by atoms with Crippen molar-refractivity contribution in [1.29, 1.82) is 0 Å². The number of carbonyl (C=O) groups is 1. The third-order valence-corrected chi connectivity index (χ3v) is 1.20.